The summed E-state index contributed by atoms with van der Waals surface area (Å²) in [5.41, 5.74) is -3.94. The van der Waals surface area contributed by atoms with E-state index in [4.69, 9.17) is 0 Å². The molecular formula is C88H133F12N7O12S6. The molecular weight excluding hydrogens is 1770 g/mol. The maximum absolute atomic E-state index is 13.4. The van der Waals surface area contributed by atoms with Gasteiger partial charge in [0.15, 0.2) is 5.03 Å². The van der Waals surface area contributed by atoms with Crippen LogP contribution in [0.1, 0.15) is 338 Å². The fourth-order valence-electron chi connectivity index (χ4n) is 11.8. The van der Waals surface area contributed by atoms with Gasteiger partial charge in [-0.3, -0.25) is 0 Å². The molecule has 1 aromatic heterocycles. The van der Waals surface area contributed by atoms with Crippen LogP contribution in [0.4, 0.5) is 52.7 Å². The van der Waals surface area contributed by atoms with Gasteiger partial charge in [0.05, 0.1) is 46.7 Å². The van der Waals surface area contributed by atoms with Crippen LogP contribution >= 0.6 is 0 Å². The molecule has 37 heteroatoms. The first kappa shape index (κ1) is 115. The van der Waals surface area contributed by atoms with Gasteiger partial charge in [-0.25, -0.2) is 79.1 Å². The molecule has 5 aromatic carbocycles. The van der Waals surface area contributed by atoms with Crippen molar-refractivity contribution in [1.82, 2.24) is 32.9 Å². The van der Waals surface area contributed by atoms with Crippen LogP contribution in [0.2, 0.25) is 0 Å². The Morgan fingerprint density at radius 1 is 0.344 bits per heavy atom. The number of benzene rings is 5. The summed E-state index contributed by atoms with van der Waals surface area (Å²) in [7, 11) is -24.0. The number of nitrogens with one attached hydrogen (secondary N) is 5. The highest BCUT2D eigenvalue weighted by molar-refractivity contribution is 7.91. The van der Waals surface area contributed by atoms with E-state index in [0.29, 0.717) is 50.3 Å². The molecule has 0 aliphatic heterocycles. The summed E-state index contributed by atoms with van der Waals surface area (Å²) in [4.78, 5) is 2.15. The first-order chi connectivity index (χ1) is 55.6. The van der Waals surface area contributed by atoms with E-state index >= 15 is 0 Å². The maximum Gasteiger partial charge on any atom is 0.419 e. The van der Waals surface area contributed by atoms with Gasteiger partial charge >= 0.3 is 24.7 Å². The van der Waals surface area contributed by atoms with Crippen molar-refractivity contribution in [1.29, 1.82) is 0 Å². The molecule has 0 saturated heterocycles. The second-order valence-electron chi connectivity index (χ2n) is 38.8. The topological polar surface area (TPSA) is 281 Å². The molecule has 1 aliphatic carbocycles. The highest BCUT2D eigenvalue weighted by atomic mass is 32.2. The fourth-order valence-corrected chi connectivity index (χ4v) is 21.9. The van der Waals surface area contributed by atoms with Crippen LogP contribution in [0.5, 0.6) is 0 Å². The number of halogens is 12. The molecule has 0 bridgehead atoms. The van der Waals surface area contributed by atoms with Gasteiger partial charge in [0.25, 0.3) is 10.0 Å². The molecule has 0 spiro atoms. The maximum atomic E-state index is 13.4. The van der Waals surface area contributed by atoms with E-state index in [9.17, 15) is 103 Å². The number of pyridine rings is 1. The predicted octanol–water partition coefficient (Wildman–Crippen LogP) is 23.0. The number of alkyl halides is 12. The van der Waals surface area contributed by atoms with Gasteiger partial charge in [0.2, 0.25) is 50.1 Å². The van der Waals surface area contributed by atoms with E-state index in [2.05, 4.69) is 69.3 Å². The van der Waals surface area contributed by atoms with Crippen LogP contribution < -0.4 is 23.6 Å². The molecule has 6 aromatic rings. The summed E-state index contributed by atoms with van der Waals surface area (Å²) < 4.78 is 320. The van der Waals surface area contributed by atoms with E-state index in [1.54, 1.807) is 164 Å². The lowest BCUT2D eigenvalue weighted by molar-refractivity contribution is -0.141. The van der Waals surface area contributed by atoms with Crippen molar-refractivity contribution in [2.75, 3.05) is 6.54 Å². The van der Waals surface area contributed by atoms with Crippen LogP contribution in [0.3, 0.4) is 0 Å². The first-order valence-corrected chi connectivity index (χ1v) is 49.6. The Kier molecular flexibility index (Phi) is 38.6. The summed E-state index contributed by atoms with van der Waals surface area (Å²) in [6.07, 6.45) is -15.2. The Labute approximate surface area is 737 Å². The van der Waals surface area contributed by atoms with Crippen molar-refractivity contribution in [3.05, 3.63) is 171 Å². The standard InChI is InChI=1S/C17H27NO2S.C16H24F3NO2S.C15H22F3NO2S.C14H20F3NO2S.C13H19F3N2O2S.C13H21NO2S/c1-12(2)13-7-8-15(14(11-13)17(6)9-10-17)21(19,20)18-16(3,4)5;1-7-20(15(4,5)6)23(21,22)14-9-8-12(11(2)3)10-13(14)16(17,18)19;1-6-14(4,5)19-22(20,21)13-8-7-11(10(2)3)9-12(13)15(16,17)18;1-9(2)10-6-7-12(11(8-10)14(15,16)17)21(19,20)18-13(3,4)5;1-8(2)9-6-10(13(14,15)16)11(17-7-9)21(19,20)18-12(3,4)5;1-10(2)11-6-8-12(9-7-11)17(15,16)14-13(3,4)5/h7-8,11-12,18H,9-10H2,1-6H3;8-11H,7H2,1-6H3;7-10,19H,6H2,1-5H3;6-9,18H,1-5H3;6-8,18H,1-5H3;6-10,14H,1-5H3. The number of hydrogen-bond acceptors (Lipinski definition) is 13. The van der Waals surface area contributed by atoms with Gasteiger partial charge in [-0.05, 0) is 277 Å². The van der Waals surface area contributed by atoms with Gasteiger partial charge in [0.1, 0.15) is 0 Å². The summed E-state index contributed by atoms with van der Waals surface area (Å²) in [6, 6.07) is 23.9. The zero-order valence-electron chi connectivity index (χ0n) is 78.0. The smallest absolute Gasteiger partial charge is 0.243 e. The molecule has 7 rings (SSSR count). The lowest BCUT2D eigenvalue weighted by Gasteiger charge is -2.34. The van der Waals surface area contributed by atoms with Crippen LogP contribution in [0, 0.1) is 0 Å². The van der Waals surface area contributed by atoms with Gasteiger partial charge in [-0.15, -0.1) is 0 Å². The first-order valence-electron chi connectivity index (χ1n) is 40.7. The van der Waals surface area contributed by atoms with Crippen molar-refractivity contribution in [3.63, 3.8) is 0 Å². The molecule has 5 N–H and O–H groups in total. The van der Waals surface area contributed by atoms with Crippen molar-refractivity contribution in [2.24, 2.45) is 0 Å². The second kappa shape index (κ2) is 42.0. The third-order valence-electron chi connectivity index (χ3n) is 18.7. The van der Waals surface area contributed by atoms with Crippen molar-refractivity contribution in [3.8, 4) is 0 Å². The van der Waals surface area contributed by atoms with E-state index in [1.165, 1.54) is 23.8 Å². The Morgan fingerprint density at radius 3 is 0.912 bits per heavy atom. The Morgan fingerprint density at radius 2 is 0.616 bits per heavy atom. The SMILES string of the molecule is CC(C)c1ccc(S(=O)(=O)NC(C)(C)C)c(C(F)(F)F)c1.CC(C)c1ccc(S(=O)(=O)NC(C)(C)C)c(C2(C)CC2)c1.CC(C)c1ccc(S(=O)(=O)NC(C)(C)C)cc1.CC(C)c1cnc(S(=O)(=O)NC(C)(C)C)c(C(F)(F)F)c1.CCC(C)(C)NS(=O)(=O)c1ccc(C(C)C)cc1C(F)(F)F.CCN(C(C)(C)C)S(=O)(=O)c1ccc(C(C)C)cc1C(F)(F)F. The van der Waals surface area contributed by atoms with Gasteiger partial charge in [-0.1, -0.05) is 146 Å². The highest BCUT2D eigenvalue weighted by Crippen LogP contribution is 2.51. The molecule has 1 saturated carbocycles. The van der Waals surface area contributed by atoms with E-state index in [0.717, 1.165) is 76.9 Å². The molecule has 125 heavy (non-hydrogen) atoms. The van der Waals surface area contributed by atoms with Gasteiger partial charge < -0.3 is 0 Å². The largest absolute Gasteiger partial charge is 0.419 e. The molecule has 712 valence electrons. The number of aromatic nitrogens is 1. The third-order valence-corrected chi connectivity index (χ3v) is 29.9. The lowest BCUT2D eigenvalue weighted by atomic mass is 9.93. The number of sulfonamides is 6. The quantitative estimate of drug-likeness (QED) is 0.0396. The Balaban J connectivity index is 0.000000509. The predicted molar refractivity (Wildman–Crippen MR) is 472 cm³/mol. The van der Waals surface area contributed by atoms with E-state index < -0.39 is 160 Å². The average Bonchev–Trinajstić information content (AvgIpc) is 1.53. The Bertz CT molecular complexity index is 5090. The molecule has 0 radical (unpaired) electrons. The van der Waals surface area contributed by atoms with E-state index in [1.807, 2.05) is 59.7 Å². The zero-order valence-corrected chi connectivity index (χ0v) is 82.9. The molecule has 1 aliphatic rings. The molecule has 1 fully saturated rings. The zero-order chi connectivity index (χ0) is 98.2. The minimum absolute atomic E-state index is 0.0207. The minimum Gasteiger partial charge on any atom is -0.243 e. The van der Waals surface area contributed by atoms with Gasteiger partial charge in [-0.2, -0.15) is 57.0 Å². The van der Waals surface area contributed by atoms with Crippen molar-refractivity contribution in [2.45, 2.75) is 369 Å². The number of nitrogens with zero attached hydrogens (tertiary/aromatic N) is 2. The molecule has 0 amide bonds. The van der Waals surface area contributed by atoms with Crippen LogP contribution in [-0.4, -0.2) is 99.6 Å². The molecule has 0 atom stereocenters. The Hall–Kier alpha value is -6.13. The van der Waals surface area contributed by atoms with Crippen molar-refractivity contribution >= 4 is 60.1 Å². The summed E-state index contributed by atoms with van der Waals surface area (Å²) in [5.74, 6) is 0.237. The van der Waals surface area contributed by atoms with Gasteiger partial charge in [0, 0.05) is 46.0 Å². The van der Waals surface area contributed by atoms with Crippen LogP contribution in [-0.2, 0) is 90.3 Å². The fraction of sp³-hybridized carbons (Fsp3) is 0.602. The minimum atomic E-state index is -4.79. The van der Waals surface area contributed by atoms with Crippen molar-refractivity contribution < 1.29 is 103 Å². The molecule has 0 unspecified atom stereocenters. The third kappa shape index (κ3) is 35.6. The number of hydrogen-bond donors (Lipinski definition) is 5. The highest BCUT2D eigenvalue weighted by Gasteiger charge is 2.46. The van der Waals surface area contributed by atoms with Crippen LogP contribution in [0.25, 0.3) is 0 Å². The average molecular weight is 1900 g/mol. The van der Waals surface area contributed by atoms with Crippen LogP contribution in [0.15, 0.2) is 139 Å². The number of rotatable bonds is 22. The second-order valence-corrected chi connectivity index (χ2v) is 48.9. The summed E-state index contributed by atoms with van der Waals surface area (Å²) in [5, 5.41) is -0.991. The molecule has 1 heterocycles. The normalized spacial score (nSPS) is 14.4. The lowest BCUT2D eigenvalue weighted by Crippen LogP contribution is -2.45. The summed E-state index contributed by atoms with van der Waals surface area (Å²) >= 11 is 0. The summed E-state index contributed by atoms with van der Waals surface area (Å²) in [6.45, 7) is 56.6. The van der Waals surface area contributed by atoms with E-state index in [-0.39, 0.29) is 35.6 Å². The monoisotopic (exact) mass is 1900 g/mol. The molecule has 19 nitrogen and oxygen atoms in total.